The number of thioether (sulfide) groups is 1. The fourth-order valence-corrected chi connectivity index (χ4v) is 4.18. The van der Waals surface area contributed by atoms with Gasteiger partial charge >= 0.3 is 0 Å². The molecule has 0 spiro atoms. The first-order valence-corrected chi connectivity index (χ1v) is 12.2. The molecule has 34 heavy (non-hydrogen) atoms. The molecule has 0 radical (unpaired) electrons. The maximum absolute atomic E-state index is 13.8. The zero-order valence-electron chi connectivity index (χ0n) is 20.2. The van der Waals surface area contributed by atoms with Crippen molar-refractivity contribution >= 4 is 22.4 Å². The van der Waals surface area contributed by atoms with E-state index < -0.39 is 5.79 Å². The molecular weight excluding hydrogens is 449 g/mol. The van der Waals surface area contributed by atoms with Crippen LogP contribution in [0.25, 0.3) is 10.6 Å². The molecular formula is C26H34FN5OS. The number of nitrogens with two attached hydrogens (primary N) is 1. The lowest BCUT2D eigenvalue weighted by Gasteiger charge is -2.25. The van der Waals surface area contributed by atoms with Crippen molar-refractivity contribution in [2.24, 2.45) is 5.73 Å². The van der Waals surface area contributed by atoms with Gasteiger partial charge in [0.2, 0.25) is 5.79 Å². The number of aromatic nitrogens is 2. The SMILES string of the molecule is C=C(NCc1cnc(C(C)(N)F)nc1)c1cc(OC2CCCNC2)cc(C(=C)S/C(C)=C\C)c1. The number of nitrogens with one attached hydrogen (secondary N) is 2. The summed E-state index contributed by atoms with van der Waals surface area (Å²) >= 11 is 1.63. The number of piperidine rings is 1. The number of rotatable bonds is 10. The van der Waals surface area contributed by atoms with Crippen molar-refractivity contribution in [3.8, 4) is 5.75 Å². The molecule has 1 fully saturated rings. The highest BCUT2D eigenvalue weighted by Gasteiger charge is 2.22. The number of allylic oxidation sites excluding steroid dienone is 2. The van der Waals surface area contributed by atoms with Gasteiger partial charge in [0.05, 0.1) is 0 Å². The lowest BCUT2D eigenvalue weighted by Crippen LogP contribution is -2.37. The molecule has 2 atom stereocenters. The van der Waals surface area contributed by atoms with E-state index in [1.807, 2.05) is 19.1 Å². The molecule has 2 aromatic rings. The van der Waals surface area contributed by atoms with Crippen LogP contribution in [0.15, 0.2) is 54.7 Å². The van der Waals surface area contributed by atoms with Gasteiger partial charge in [0.15, 0.2) is 5.82 Å². The standard InChI is InChI=1S/C26H34FN5OS/c1-6-17(2)34-19(4)22-10-21(11-24(12-22)33-23-8-7-9-29-16-23)18(3)30-13-20-14-31-25(32-15-20)26(5,27)28/h6,10-12,14-15,23,29-30H,3-4,7-9,13,16,28H2,1-2,5H3/b17-6-. The third-order valence-corrected chi connectivity index (χ3v) is 6.51. The molecule has 1 aromatic heterocycles. The van der Waals surface area contributed by atoms with Gasteiger partial charge in [-0.05, 0) is 68.8 Å². The monoisotopic (exact) mass is 483 g/mol. The van der Waals surface area contributed by atoms with Gasteiger partial charge in [-0.25, -0.2) is 14.4 Å². The van der Waals surface area contributed by atoms with Crippen LogP contribution in [0.1, 0.15) is 56.1 Å². The quantitative estimate of drug-likeness (QED) is 0.406. The molecule has 2 unspecified atom stereocenters. The minimum absolute atomic E-state index is 0.0470. The molecule has 0 bridgehead atoms. The van der Waals surface area contributed by atoms with E-state index in [0.717, 1.165) is 59.0 Å². The normalized spacial score (nSPS) is 18.1. The highest BCUT2D eigenvalue weighted by molar-refractivity contribution is 8.11. The summed E-state index contributed by atoms with van der Waals surface area (Å²) in [5.41, 5.74) is 8.83. The second-order valence-corrected chi connectivity index (χ2v) is 9.92. The molecule has 182 valence electrons. The number of halogens is 1. The Labute approximate surface area is 206 Å². The van der Waals surface area contributed by atoms with Crippen molar-refractivity contribution in [3.05, 3.63) is 77.2 Å². The van der Waals surface area contributed by atoms with E-state index in [-0.39, 0.29) is 11.9 Å². The van der Waals surface area contributed by atoms with Crippen molar-refractivity contribution in [3.63, 3.8) is 0 Å². The average Bonchev–Trinajstić information content (AvgIpc) is 2.82. The molecule has 2 heterocycles. The summed E-state index contributed by atoms with van der Waals surface area (Å²) in [5, 5.41) is 6.70. The number of hydrogen-bond acceptors (Lipinski definition) is 7. The summed E-state index contributed by atoms with van der Waals surface area (Å²) < 4.78 is 20.1. The van der Waals surface area contributed by atoms with E-state index in [1.165, 1.54) is 11.8 Å². The molecule has 1 saturated heterocycles. The van der Waals surface area contributed by atoms with Gasteiger partial charge in [0, 0.05) is 47.2 Å². The predicted molar refractivity (Wildman–Crippen MR) is 140 cm³/mol. The van der Waals surface area contributed by atoms with Gasteiger partial charge in [-0.1, -0.05) is 31.0 Å². The summed E-state index contributed by atoms with van der Waals surface area (Å²) in [6.07, 6.45) is 7.45. The van der Waals surface area contributed by atoms with E-state index in [1.54, 1.807) is 24.2 Å². The summed E-state index contributed by atoms with van der Waals surface area (Å²) in [6, 6.07) is 6.09. The van der Waals surface area contributed by atoms with Crippen LogP contribution in [0.4, 0.5) is 4.39 Å². The van der Waals surface area contributed by atoms with Gasteiger partial charge in [-0.2, -0.15) is 0 Å². The smallest absolute Gasteiger partial charge is 0.216 e. The summed E-state index contributed by atoms with van der Waals surface area (Å²) in [4.78, 5) is 10.2. The number of benzene rings is 1. The maximum Gasteiger partial charge on any atom is 0.216 e. The zero-order valence-corrected chi connectivity index (χ0v) is 21.0. The third kappa shape index (κ3) is 7.41. The Morgan fingerprint density at radius 3 is 2.65 bits per heavy atom. The molecule has 0 aliphatic carbocycles. The van der Waals surface area contributed by atoms with Crippen LogP contribution in [0.2, 0.25) is 0 Å². The Hall–Kier alpha value is -2.68. The Morgan fingerprint density at radius 1 is 1.32 bits per heavy atom. The predicted octanol–water partition coefficient (Wildman–Crippen LogP) is 5.10. The van der Waals surface area contributed by atoms with Gasteiger partial charge in [-0.15, -0.1) is 0 Å². The Morgan fingerprint density at radius 2 is 2.03 bits per heavy atom. The van der Waals surface area contributed by atoms with Crippen LogP contribution in [-0.4, -0.2) is 29.2 Å². The fraction of sp³-hybridized carbons (Fsp3) is 0.385. The van der Waals surface area contributed by atoms with Crippen LogP contribution in [0.5, 0.6) is 5.75 Å². The average molecular weight is 484 g/mol. The minimum Gasteiger partial charge on any atom is -0.489 e. The first kappa shape index (κ1) is 25.9. The van der Waals surface area contributed by atoms with E-state index in [9.17, 15) is 4.39 Å². The van der Waals surface area contributed by atoms with Crippen LogP contribution in [-0.2, 0) is 12.3 Å². The van der Waals surface area contributed by atoms with Gasteiger partial charge in [0.25, 0.3) is 0 Å². The molecule has 3 rings (SSSR count). The molecule has 0 saturated carbocycles. The van der Waals surface area contributed by atoms with E-state index in [0.29, 0.717) is 6.54 Å². The molecule has 1 aliphatic heterocycles. The van der Waals surface area contributed by atoms with Crippen LogP contribution < -0.4 is 21.1 Å². The lowest BCUT2D eigenvalue weighted by atomic mass is 10.1. The van der Waals surface area contributed by atoms with Crippen molar-refractivity contribution in [1.29, 1.82) is 0 Å². The van der Waals surface area contributed by atoms with Gasteiger partial charge in [0.1, 0.15) is 11.9 Å². The fourth-order valence-electron chi connectivity index (χ4n) is 3.44. The second kappa shape index (κ2) is 11.6. The number of hydrogen-bond donors (Lipinski definition) is 3. The van der Waals surface area contributed by atoms with E-state index >= 15 is 0 Å². The molecule has 4 N–H and O–H groups in total. The molecule has 6 nitrogen and oxygen atoms in total. The molecule has 8 heteroatoms. The van der Waals surface area contributed by atoms with Gasteiger partial charge in [-0.3, -0.25) is 5.73 Å². The van der Waals surface area contributed by atoms with Crippen molar-refractivity contribution < 1.29 is 9.13 Å². The van der Waals surface area contributed by atoms with Crippen LogP contribution >= 0.6 is 11.8 Å². The summed E-state index contributed by atoms with van der Waals surface area (Å²) in [6.45, 7) is 16.1. The lowest BCUT2D eigenvalue weighted by molar-refractivity contribution is 0.167. The Bertz CT molecular complexity index is 1040. The van der Waals surface area contributed by atoms with Gasteiger partial charge < -0.3 is 15.4 Å². The van der Waals surface area contributed by atoms with E-state index in [4.69, 9.17) is 10.5 Å². The van der Waals surface area contributed by atoms with Crippen molar-refractivity contribution in [1.82, 2.24) is 20.6 Å². The minimum atomic E-state index is -2.06. The van der Waals surface area contributed by atoms with E-state index in [2.05, 4.69) is 52.8 Å². The largest absolute Gasteiger partial charge is 0.489 e. The molecule has 0 amide bonds. The molecule has 1 aromatic carbocycles. The highest BCUT2D eigenvalue weighted by Crippen LogP contribution is 2.35. The van der Waals surface area contributed by atoms with Crippen LogP contribution in [0.3, 0.4) is 0 Å². The number of ether oxygens (including phenoxy) is 1. The first-order valence-electron chi connectivity index (χ1n) is 11.4. The third-order valence-electron chi connectivity index (χ3n) is 5.47. The first-order chi connectivity index (χ1) is 16.2. The molecule has 1 aliphatic rings. The summed E-state index contributed by atoms with van der Waals surface area (Å²) in [5.74, 6) is -1.32. The maximum atomic E-state index is 13.8. The van der Waals surface area contributed by atoms with Crippen molar-refractivity contribution in [2.75, 3.05) is 13.1 Å². The second-order valence-electron chi connectivity index (χ2n) is 8.58. The van der Waals surface area contributed by atoms with Crippen molar-refractivity contribution in [2.45, 2.75) is 52.1 Å². The van der Waals surface area contributed by atoms with Crippen LogP contribution in [0, 0.1) is 0 Å². The number of nitrogens with zero attached hydrogens (tertiary/aromatic N) is 2. The topological polar surface area (TPSA) is 85.1 Å². The Kier molecular flexibility index (Phi) is 8.88. The Balaban J connectivity index is 1.77. The zero-order chi connectivity index (χ0) is 24.7. The number of alkyl halides is 1. The summed E-state index contributed by atoms with van der Waals surface area (Å²) in [7, 11) is 0. The highest BCUT2D eigenvalue weighted by atomic mass is 32.2.